The molecule has 67 heavy (non-hydrogen) atoms. The van der Waals surface area contributed by atoms with Crippen molar-refractivity contribution in [2.45, 2.75) is 66.0 Å². The Kier molecular flexibility index (Phi) is 11.4. The fraction of sp³-hybridized carbons (Fsp3) is 0.167. The van der Waals surface area contributed by atoms with Gasteiger partial charge in [-0.1, -0.05) is 149 Å². The SMILES string of the molecule is C[Si](C)(C)c1ccc(-c2[c-]cc(F)cc2)nc1.[2H]C([2H])([2H])c1cccc2nc(-c3[c-]ccc4c3oc3cc5c(ccc6ccccc65)cc34)n(-c3c(C(C)C)cc(-c4ccccc4)cc3C(C)C)c12.[Ir]. The molecule has 4 nitrogen and oxygen atoms in total. The smallest absolute Gasteiger partial charge is 0.121 e. The van der Waals surface area contributed by atoms with Gasteiger partial charge in [0.05, 0.1) is 30.5 Å². The van der Waals surface area contributed by atoms with Gasteiger partial charge in [-0.05, 0) is 109 Å². The van der Waals surface area contributed by atoms with E-state index in [1.165, 1.54) is 28.1 Å². The van der Waals surface area contributed by atoms with Crippen LogP contribution in [0.2, 0.25) is 19.6 Å². The van der Waals surface area contributed by atoms with Gasteiger partial charge in [0.2, 0.25) is 0 Å². The second-order valence-electron chi connectivity index (χ2n) is 18.8. The Bertz CT molecular complexity index is 3680. The molecule has 0 saturated carbocycles. The molecule has 0 bridgehead atoms. The first-order valence-electron chi connectivity index (χ1n) is 24.1. The number of pyridine rings is 1. The minimum atomic E-state index is -2.37. The molecule has 11 aromatic rings. The van der Waals surface area contributed by atoms with Crippen LogP contribution in [0.3, 0.4) is 0 Å². The van der Waals surface area contributed by atoms with Crippen molar-refractivity contribution in [2.24, 2.45) is 0 Å². The van der Waals surface area contributed by atoms with E-state index in [9.17, 15) is 4.39 Å². The van der Waals surface area contributed by atoms with Crippen molar-refractivity contribution in [3.8, 4) is 39.5 Å². The predicted molar refractivity (Wildman–Crippen MR) is 277 cm³/mol. The van der Waals surface area contributed by atoms with E-state index < -0.39 is 14.9 Å². The van der Waals surface area contributed by atoms with Gasteiger partial charge in [0.1, 0.15) is 5.58 Å². The minimum absolute atomic E-state index is 0. The van der Waals surface area contributed by atoms with E-state index in [2.05, 4.69) is 160 Å². The number of rotatable bonds is 7. The van der Waals surface area contributed by atoms with E-state index in [-0.39, 0.29) is 43.3 Å². The molecule has 0 aliphatic carbocycles. The maximum Gasteiger partial charge on any atom is 0.121 e. The number of para-hydroxylation sites is 1. The second-order valence-corrected chi connectivity index (χ2v) is 23.9. The number of benzene rings is 8. The minimum Gasteiger partial charge on any atom is -0.501 e. The monoisotopic (exact) mass is 1070 g/mol. The molecule has 8 aromatic carbocycles. The van der Waals surface area contributed by atoms with Crippen molar-refractivity contribution in [1.82, 2.24) is 14.5 Å². The Morgan fingerprint density at radius 3 is 2.12 bits per heavy atom. The molecule has 0 fully saturated rings. The largest absolute Gasteiger partial charge is 0.501 e. The number of furan rings is 1. The van der Waals surface area contributed by atoms with Crippen LogP contribution in [-0.4, -0.2) is 22.6 Å². The summed E-state index contributed by atoms with van der Waals surface area (Å²) in [6.07, 6.45) is 1.93. The van der Waals surface area contributed by atoms with E-state index in [1.54, 1.807) is 18.2 Å². The van der Waals surface area contributed by atoms with Crippen LogP contribution in [0.25, 0.3) is 94.0 Å². The van der Waals surface area contributed by atoms with Crippen LogP contribution in [0.1, 0.15) is 60.3 Å². The third kappa shape index (κ3) is 8.57. The average Bonchev–Trinajstić information content (AvgIpc) is 3.91. The van der Waals surface area contributed by atoms with Crippen LogP contribution >= 0.6 is 0 Å². The van der Waals surface area contributed by atoms with Crippen molar-refractivity contribution in [3.05, 3.63) is 192 Å². The van der Waals surface area contributed by atoms with Crippen LogP contribution in [0, 0.1) is 24.8 Å². The molecule has 7 heteroatoms. The second kappa shape index (κ2) is 18.3. The zero-order valence-corrected chi connectivity index (χ0v) is 42.0. The summed E-state index contributed by atoms with van der Waals surface area (Å²) in [6, 6.07) is 56.4. The van der Waals surface area contributed by atoms with Gasteiger partial charge in [-0.3, -0.25) is 9.37 Å². The van der Waals surface area contributed by atoms with Crippen molar-refractivity contribution >= 4 is 67.8 Å². The summed E-state index contributed by atoms with van der Waals surface area (Å²) in [5, 5.41) is 7.92. The molecular formula is C60H52FIrN3OSi-2. The van der Waals surface area contributed by atoms with E-state index in [0.29, 0.717) is 28.0 Å². The summed E-state index contributed by atoms with van der Waals surface area (Å²) >= 11 is 0. The number of imidazole rings is 1. The summed E-state index contributed by atoms with van der Waals surface area (Å²) in [7, 11) is -1.30. The molecule has 0 atom stereocenters. The maximum absolute atomic E-state index is 12.8. The first-order chi connectivity index (χ1) is 33.0. The van der Waals surface area contributed by atoms with E-state index >= 15 is 0 Å². The van der Waals surface area contributed by atoms with Gasteiger partial charge in [-0.25, -0.2) is 0 Å². The van der Waals surface area contributed by atoms with Crippen LogP contribution in [0.15, 0.2) is 162 Å². The van der Waals surface area contributed by atoms with Gasteiger partial charge >= 0.3 is 0 Å². The predicted octanol–water partition coefficient (Wildman–Crippen LogP) is 16.2. The molecule has 11 rings (SSSR count). The fourth-order valence-electron chi connectivity index (χ4n) is 9.10. The van der Waals surface area contributed by atoms with Gasteiger partial charge in [0.15, 0.2) is 0 Å². The molecular weight excluding hydrogens is 1020 g/mol. The molecule has 0 amide bonds. The van der Waals surface area contributed by atoms with Crippen LogP contribution in [0.5, 0.6) is 0 Å². The third-order valence-corrected chi connectivity index (χ3v) is 14.6. The number of aryl methyl sites for hydroxylation is 1. The zero-order chi connectivity index (χ0) is 48.4. The molecule has 0 aliphatic rings. The van der Waals surface area contributed by atoms with Gasteiger partial charge in [0, 0.05) is 47.3 Å². The summed E-state index contributed by atoms with van der Waals surface area (Å²) in [5.41, 5.74) is 10.7. The average molecular weight is 1070 g/mol. The molecule has 3 aromatic heterocycles. The standard InChI is InChI=1S/C46H37N2O.C14H15FNSi.Ir/c1-27(2)37-24-33(30-14-7-6-8-15-30)25-38(28(3)4)44(37)48-43-29(5)13-11-20-41(43)47-46(48)36-19-12-18-35-40-23-32-22-21-31-16-9-10-17-34(31)39(32)26-42(40)49-45(35)36;1-17(2,3)13-8-9-14(16-10-13)11-4-6-12(15)7-5-11;/h6-18,20-28H,1-5H3;4,6-10H,1-3H3;/q2*-1;/i5D3;;. The summed E-state index contributed by atoms with van der Waals surface area (Å²) in [4.78, 5) is 9.68. The Hall–Kier alpha value is -6.50. The number of aromatic nitrogens is 3. The van der Waals surface area contributed by atoms with Gasteiger partial charge in [-0.15, -0.1) is 48.0 Å². The number of nitrogens with zero attached hydrogens (tertiary/aromatic N) is 3. The van der Waals surface area contributed by atoms with Crippen LogP contribution in [0.4, 0.5) is 4.39 Å². The number of halogens is 1. The topological polar surface area (TPSA) is 43.9 Å². The Balaban J connectivity index is 0.000000286. The molecule has 0 N–H and O–H groups in total. The number of fused-ring (bicyclic) bond motifs is 7. The van der Waals surface area contributed by atoms with E-state index in [1.807, 2.05) is 36.5 Å². The summed E-state index contributed by atoms with van der Waals surface area (Å²) in [6.45, 7) is 13.3. The van der Waals surface area contributed by atoms with Crippen molar-refractivity contribution in [1.29, 1.82) is 0 Å². The number of hydrogen-bond acceptors (Lipinski definition) is 3. The quantitative estimate of drug-likeness (QED) is 0.0907. The molecule has 0 spiro atoms. The molecule has 335 valence electrons. The van der Waals surface area contributed by atoms with Crippen molar-refractivity contribution < 1.29 is 33.0 Å². The Morgan fingerprint density at radius 2 is 1.43 bits per heavy atom. The van der Waals surface area contributed by atoms with E-state index in [0.717, 1.165) is 66.3 Å². The number of hydrogen-bond donors (Lipinski definition) is 0. The maximum atomic E-state index is 12.8. The fourth-order valence-corrected chi connectivity index (χ4v) is 10.1. The zero-order valence-electron chi connectivity index (χ0n) is 41.6. The van der Waals surface area contributed by atoms with Crippen LogP contribution < -0.4 is 5.19 Å². The van der Waals surface area contributed by atoms with E-state index in [4.69, 9.17) is 13.5 Å². The van der Waals surface area contributed by atoms with Crippen LogP contribution in [-0.2, 0) is 20.1 Å². The van der Waals surface area contributed by atoms with Gasteiger partial charge in [-0.2, -0.15) is 0 Å². The first-order valence-corrected chi connectivity index (χ1v) is 26.1. The third-order valence-electron chi connectivity index (χ3n) is 12.6. The normalized spacial score (nSPS) is 12.7. The molecule has 1 radical (unpaired) electrons. The molecule has 0 unspecified atom stereocenters. The molecule has 0 aliphatic heterocycles. The van der Waals surface area contributed by atoms with Crippen molar-refractivity contribution in [2.75, 3.05) is 0 Å². The molecule has 0 saturated heterocycles. The molecule has 3 heterocycles. The van der Waals surface area contributed by atoms with Gasteiger partial charge in [0.25, 0.3) is 0 Å². The first kappa shape index (κ1) is 41.9. The Labute approximate surface area is 411 Å². The summed E-state index contributed by atoms with van der Waals surface area (Å²) < 4.78 is 47.6. The van der Waals surface area contributed by atoms with Crippen molar-refractivity contribution in [3.63, 3.8) is 0 Å². The van der Waals surface area contributed by atoms with Gasteiger partial charge < -0.3 is 14.0 Å². The summed E-state index contributed by atoms with van der Waals surface area (Å²) in [5.74, 6) is 0.569. The Morgan fingerprint density at radius 1 is 0.687 bits per heavy atom.